The number of phosphoric ester groups is 1. The van der Waals surface area contributed by atoms with Gasteiger partial charge in [0.25, 0.3) is 11.5 Å². The number of nitrogens with one attached hydrogen (secondary N) is 1. The van der Waals surface area contributed by atoms with Gasteiger partial charge in [0, 0.05) is 0 Å². The minimum atomic E-state index is -4.76. The fraction of sp³-hybridized carbons (Fsp3) is 0.545. The number of rotatable bonds is 4. The number of nitrogen functional groups attached to an aromatic ring is 1. The summed E-state index contributed by atoms with van der Waals surface area (Å²) < 4.78 is 23.3. The lowest BCUT2D eigenvalue weighted by Gasteiger charge is -2.14. The van der Waals surface area contributed by atoms with Crippen molar-refractivity contribution < 1.29 is 38.4 Å². The highest BCUT2D eigenvalue weighted by molar-refractivity contribution is 7.46. The summed E-state index contributed by atoms with van der Waals surface area (Å²) in [6.45, 7) is -0.638. The maximum absolute atomic E-state index is 12.0. The third kappa shape index (κ3) is 3.30. The van der Waals surface area contributed by atoms with Crippen LogP contribution in [0.3, 0.4) is 0 Å². The predicted octanol–water partition coefficient (Wildman–Crippen LogP) is -3.14. The number of hydrogen-bond donors (Lipinski definition) is 6. The van der Waals surface area contributed by atoms with Gasteiger partial charge in [0.05, 0.1) is 13.7 Å². The van der Waals surface area contributed by atoms with Crippen LogP contribution in [0.5, 0.6) is 0 Å². The second-order valence-corrected chi connectivity index (χ2v) is 6.83. The molecule has 0 radical (unpaired) electrons. The topological polar surface area (TPSA) is 197 Å². The lowest BCUT2D eigenvalue weighted by molar-refractivity contribution is -0.745. The van der Waals surface area contributed by atoms with Crippen molar-refractivity contribution in [3.8, 4) is 0 Å². The molecule has 25 heavy (non-hydrogen) atoms. The van der Waals surface area contributed by atoms with E-state index in [1.807, 2.05) is 0 Å². The third-order valence-corrected chi connectivity index (χ3v) is 4.29. The SMILES string of the molecule is Cn1c[n+](C2OC(COP(=O)(O)O)C(O)C2O)c2nc(N)[nH]c(=O)c21. The average Bonchev–Trinajstić information content (AvgIpc) is 2.95. The summed E-state index contributed by atoms with van der Waals surface area (Å²) in [5.41, 5.74) is 5.31. The third-order valence-electron chi connectivity index (χ3n) is 3.81. The van der Waals surface area contributed by atoms with Crippen LogP contribution in [-0.4, -0.2) is 59.5 Å². The van der Waals surface area contributed by atoms with Gasteiger partial charge in [-0.05, 0) is 0 Å². The van der Waals surface area contributed by atoms with Gasteiger partial charge in [-0.15, -0.1) is 0 Å². The highest BCUT2D eigenvalue weighted by Crippen LogP contribution is 2.37. The fourth-order valence-electron chi connectivity index (χ4n) is 2.72. The molecule has 7 N–H and O–H groups in total. The fourth-order valence-corrected chi connectivity index (χ4v) is 3.06. The number of ether oxygens (including phenoxy) is 1. The van der Waals surface area contributed by atoms with E-state index < -0.39 is 44.5 Å². The molecule has 1 fully saturated rings. The van der Waals surface area contributed by atoms with Crippen LogP contribution < -0.4 is 15.9 Å². The molecular weight excluding hydrogens is 361 g/mol. The minimum Gasteiger partial charge on any atom is -0.387 e. The van der Waals surface area contributed by atoms with Crippen molar-refractivity contribution in [2.45, 2.75) is 24.5 Å². The largest absolute Gasteiger partial charge is 0.469 e. The monoisotopic (exact) mass is 378 g/mol. The van der Waals surface area contributed by atoms with Crippen molar-refractivity contribution in [1.29, 1.82) is 0 Å². The van der Waals surface area contributed by atoms with Gasteiger partial charge < -0.3 is 30.5 Å². The summed E-state index contributed by atoms with van der Waals surface area (Å²) in [5, 5.41) is 20.3. The van der Waals surface area contributed by atoms with Gasteiger partial charge in [0.1, 0.15) is 18.3 Å². The van der Waals surface area contributed by atoms with Crippen LogP contribution in [0.2, 0.25) is 0 Å². The Hall–Kier alpha value is -1.86. The normalized spacial score (nSPS) is 27.2. The number of imidazole rings is 1. The number of aryl methyl sites for hydroxylation is 1. The number of nitrogens with zero attached hydrogens (tertiary/aromatic N) is 3. The second kappa shape index (κ2) is 6.14. The molecule has 3 rings (SSSR count). The molecule has 0 saturated carbocycles. The number of aromatic nitrogens is 4. The Morgan fingerprint density at radius 2 is 2.16 bits per heavy atom. The van der Waals surface area contributed by atoms with Crippen LogP contribution in [-0.2, 0) is 20.9 Å². The van der Waals surface area contributed by atoms with Gasteiger partial charge in [-0.3, -0.25) is 18.9 Å². The summed E-state index contributed by atoms with van der Waals surface area (Å²) in [6, 6.07) is 0. The summed E-state index contributed by atoms with van der Waals surface area (Å²) in [7, 11) is -3.19. The highest BCUT2D eigenvalue weighted by atomic mass is 31.2. The van der Waals surface area contributed by atoms with E-state index in [1.165, 1.54) is 15.5 Å². The molecule has 4 atom stereocenters. The van der Waals surface area contributed by atoms with E-state index in [0.29, 0.717) is 0 Å². The zero-order chi connectivity index (χ0) is 18.5. The van der Waals surface area contributed by atoms with E-state index in [0.717, 1.165) is 0 Å². The number of fused-ring (bicyclic) bond motifs is 1. The van der Waals surface area contributed by atoms with Gasteiger partial charge >= 0.3 is 13.5 Å². The van der Waals surface area contributed by atoms with Crippen LogP contribution in [0.1, 0.15) is 6.23 Å². The minimum absolute atomic E-state index is 0.108. The average molecular weight is 378 g/mol. The van der Waals surface area contributed by atoms with Crippen molar-refractivity contribution in [1.82, 2.24) is 14.5 Å². The van der Waals surface area contributed by atoms with E-state index >= 15 is 0 Å². The molecule has 1 aliphatic rings. The summed E-state index contributed by atoms with van der Waals surface area (Å²) >= 11 is 0. The summed E-state index contributed by atoms with van der Waals surface area (Å²) in [6.07, 6.45) is -3.88. The second-order valence-electron chi connectivity index (χ2n) is 5.59. The first-order chi connectivity index (χ1) is 11.6. The summed E-state index contributed by atoms with van der Waals surface area (Å²) in [4.78, 5) is 35.8. The van der Waals surface area contributed by atoms with E-state index in [-0.39, 0.29) is 17.1 Å². The van der Waals surface area contributed by atoms with Crippen molar-refractivity contribution in [3.05, 3.63) is 16.7 Å². The Morgan fingerprint density at radius 3 is 2.80 bits per heavy atom. The number of H-pyrrole nitrogens is 1. The molecule has 0 aliphatic carbocycles. The van der Waals surface area contributed by atoms with E-state index in [1.54, 1.807) is 7.05 Å². The Morgan fingerprint density at radius 1 is 1.48 bits per heavy atom. The predicted molar refractivity (Wildman–Crippen MR) is 79.9 cm³/mol. The van der Waals surface area contributed by atoms with Gasteiger partial charge in [0.2, 0.25) is 11.7 Å². The maximum atomic E-state index is 12.0. The van der Waals surface area contributed by atoms with E-state index in [9.17, 15) is 19.6 Å². The van der Waals surface area contributed by atoms with Gasteiger partial charge in [-0.2, -0.15) is 0 Å². The van der Waals surface area contributed by atoms with Crippen LogP contribution in [0, 0.1) is 0 Å². The molecule has 4 unspecified atom stereocenters. The molecule has 13 nitrogen and oxygen atoms in total. The Kier molecular flexibility index (Phi) is 4.41. The lowest BCUT2D eigenvalue weighted by atomic mass is 10.1. The highest BCUT2D eigenvalue weighted by Gasteiger charge is 2.47. The van der Waals surface area contributed by atoms with Crippen molar-refractivity contribution in [2.75, 3.05) is 12.3 Å². The smallest absolute Gasteiger partial charge is 0.387 e. The zero-order valence-electron chi connectivity index (χ0n) is 12.9. The molecule has 0 bridgehead atoms. The lowest BCUT2D eigenvalue weighted by Crippen LogP contribution is -2.46. The van der Waals surface area contributed by atoms with Gasteiger partial charge in [-0.25, -0.2) is 9.13 Å². The molecule has 14 heteroatoms. The molecular formula is C11H17N5O8P+. The maximum Gasteiger partial charge on any atom is 0.469 e. The number of aliphatic hydroxyl groups excluding tert-OH is 2. The first-order valence-electron chi connectivity index (χ1n) is 7.06. The number of aliphatic hydroxyl groups is 2. The Balaban J connectivity index is 1.96. The first kappa shape index (κ1) is 17.9. The number of phosphoric acid groups is 1. The molecule has 0 spiro atoms. The quantitative estimate of drug-likeness (QED) is 0.233. The van der Waals surface area contributed by atoms with Crippen LogP contribution >= 0.6 is 7.82 Å². The van der Waals surface area contributed by atoms with Crippen LogP contribution in [0.4, 0.5) is 5.95 Å². The molecule has 138 valence electrons. The van der Waals surface area contributed by atoms with E-state index in [2.05, 4.69) is 14.5 Å². The molecule has 2 aromatic rings. The van der Waals surface area contributed by atoms with Crippen LogP contribution in [0.25, 0.3) is 11.2 Å². The van der Waals surface area contributed by atoms with E-state index in [4.69, 9.17) is 20.3 Å². The zero-order valence-corrected chi connectivity index (χ0v) is 13.8. The summed E-state index contributed by atoms with van der Waals surface area (Å²) in [5.74, 6) is -0.146. The van der Waals surface area contributed by atoms with Crippen molar-refractivity contribution in [3.63, 3.8) is 0 Å². The molecule has 3 heterocycles. The van der Waals surface area contributed by atoms with Crippen molar-refractivity contribution >= 4 is 24.9 Å². The molecule has 2 aromatic heterocycles. The Labute approximate surface area is 139 Å². The van der Waals surface area contributed by atoms with Gasteiger partial charge in [0.15, 0.2) is 6.33 Å². The first-order valence-corrected chi connectivity index (χ1v) is 8.59. The molecule has 0 aromatic carbocycles. The van der Waals surface area contributed by atoms with Crippen LogP contribution in [0.15, 0.2) is 11.1 Å². The molecule has 1 aliphatic heterocycles. The standard InChI is InChI=1S/C11H16N5O8P/c1-15-3-16(8-5(15)9(19)14-11(12)13-8)10-7(18)6(17)4(24-10)2-23-25(20,21)22/h3-4,6-7,10,17-18H,2H2,1H3,(H4-,12,13,14,19,20,21,22)/p+1. The van der Waals surface area contributed by atoms with Crippen molar-refractivity contribution in [2.24, 2.45) is 7.05 Å². The number of anilines is 1. The molecule has 0 amide bonds. The number of nitrogens with two attached hydrogens (primary N) is 1. The molecule has 1 saturated heterocycles. The number of aromatic amines is 1. The Bertz CT molecular complexity index is 906. The van der Waals surface area contributed by atoms with Gasteiger partial charge in [-0.1, -0.05) is 4.98 Å². The number of hydrogen-bond acceptors (Lipinski definition) is 8.